The lowest BCUT2D eigenvalue weighted by Crippen LogP contribution is -2.13. The van der Waals surface area contributed by atoms with Crippen LogP contribution >= 0.6 is 15.9 Å². The first-order chi connectivity index (χ1) is 11.4. The number of carbonyl (C=O) groups excluding carboxylic acids is 1. The van der Waals surface area contributed by atoms with Crippen LogP contribution in [0, 0.1) is 0 Å². The average Bonchev–Trinajstić information content (AvgIpc) is 3.36. The molecule has 1 aliphatic heterocycles. The number of hydrogen-bond donors (Lipinski definition) is 0. The lowest BCUT2D eigenvalue weighted by atomic mass is 9.85. The summed E-state index contributed by atoms with van der Waals surface area (Å²) in [6.07, 6.45) is 0.143. The highest BCUT2D eigenvalue weighted by molar-refractivity contribution is 9.10. The predicted molar refractivity (Wildman–Crippen MR) is 98.0 cm³/mol. The van der Waals surface area contributed by atoms with Crippen LogP contribution in [-0.4, -0.2) is 25.1 Å². The third kappa shape index (κ3) is 3.87. The van der Waals surface area contributed by atoms with Gasteiger partial charge in [0.15, 0.2) is 5.78 Å². The Bertz CT molecular complexity index is 758. The molecule has 0 spiro atoms. The topological polar surface area (TPSA) is 38.8 Å². The third-order valence-corrected chi connectivity index (χ3v) is 4.64. The fourth-order valence-corrected chi connectivity index (χ4v) is 2.94. The summed E-state index contributed by atoms with van der Waals surface area (Å²) >= 11 is 3.49. The van der Waals surface area contributed by atoms with E-state index in [-0.39, 0.29) is 17.3 Å². The second-order valence-corrected chi connectivity index (χ2v) is 7.90. The standard InChI is InChI=1S/C20H21BrO3/c1-20(2,3)14-7-4-6-13(10-14)18(22)16-8-5-9-17(21)19(16)24-12-15-11-23-15/h4-10,15H,11-12H2,1-3H3. The van der Waals surface area contributed by atoms with Gasteiger partial charge in [0, 0.05) is 5.56 Å². The molecular formula is C20H21BrO3. The predicted octanol–water partition coefficient (Wildman–Crippen LogP) is 4.76. The van der Waals surface area contributed by atoms with Crippen LogP contribution in [0.3, 0.4) is 0 Å². The first-order valence-electron chi connectivity index (χ1n) is 8.04. The van der Waals surface area contributed by atoms with Crippen LogP contribution in [0.15, 0.2) is 46.9 Å². The minimum absolute atomic E-state index is 0.00377. The second-order valence-electron chi connectivity index (χ2n) is 7.04. The number of carbonyl (C=O) groups is 1. The molecule has 3 rings (SSSR count). The Hall–Kier alpha value is -1.65. The van der Waals surface area contributed by atoms with Crippen molar-refractivity contribution < 1.29 is 14.3 Å². The quantitative estimate of drug-likeness (QED) is 0.547. The molecule has 1 fully saturated rings. The number of ether oxygens (including phenoxy) is 2. The van der Waals surface area contributed by atoms with Crippen LogP contribution in [0.1, 0.15) is 42.3 Å². The summed E-state index contributed by atoms with van der Waals surface area (Å²) in [4.78, 5) is 13.0. The van der Waals surface area contributed by atoms with E-state index in [0.717, 1.165) is 16.6 Å². The summed E-state index contributed by atoms with van der Waals surface area (Å²) in [5.41, 5.74) is 2.37. The number of hydrogen-bond acceptors (Lipinski definition) is 3. The summed E-state index contributed by atoms with van der Waals surface area (Å²) < 4.78 is 11.8. The van der Waals surface area contributed by atoms with Crippen molar-refractivity contribution in [3.63, 3.8) is 0 Å². The Morgan fingerprint density at radius 2 is 1.96 bits per heavy atom. The highest BCUT2D eigenvalue weighted by Crippen LogP contribution is 2.32. The van der Waals surface area contributed by atoms with E-state index in [1.54, 1.807) is 6.07 Å². The molecule has 1 saturated heterocycles. The number of rotatable bonds is 5. The monoisotopic (exact) mass is 388 g/mol. The van der Waals surface area contributed by atoms with E-state index in [1.165, 1.54) is 0 Å². The zero-order chi connectivity index (χ0) is 17.3. The molecule has 126 valence electrons. The molecule has 4 heteroatoms. The molecule has 1 unspecified atom stereocenters. The van der Waals surface area contributed by atoms with Gasteiger partial charge in [-0.05, 0) is 45.1 Å². The van der Waals surface area contributed by atoms with Gasteiger partial charge in [0.2, 0.25) is 0 Å². The maximum Gasteiger partial charge on any atom is 0.196 e. The van der Waals surface area contributed by atoms with Crippen molar-refractivity contribution in [3.8, 4) is 5.75 Å². The molecule has 0 bridgehead atoms. The minimum Gasteiger partial charge on any atom is -0.489 e. The van der Waals surface area contributed by atoms with Crippen LogP contribution < -0.4 is 4.74 Å². The smallest absolute Gasteiger partial charge is 0.196 e. The first kappa shape index (κ1) is 17.2. The van der Waals surface area contributed by atoms with Gasteiger partial charge in [-0.3, -0.25) is 4.79 Å². The molecule has 2 aromatic carbocycles. The maximum absolute atomic E-state index is 13.0. The van der Waals surface area contributed by atoms with Crippen LogP contribution in [0.4, 0.5) is 0 Å². The van der Waals surface area contributed by atoms with Gasteiger partial charge in [-0.25, -0.2) is 0 Å². The molecule has 1 atom stereocenters. The number of epoxide rings is 1. The van der Waals surface area contributed by atoms with Gasteiger partial charge in [-0.2, -0.15) is 0 Å². The zero-order valence-electron chi connectivity index (χ0n) is 14.1. The van der Waals surface area contributed by atoms with Gasteiger partial charge in [0.05, 0.1) is 16.6 Å². The van der Waals surface area contributed by atoms with E-state index >= 15 is 0 Å². The number of benzene rings is 2. The van der Waals surface area contributed by atoms with Gasteiger partial charge in [-0.15, -0.1) is 0 Å². The largest absolute Gasteiger partial charge is 0.489 e. The second kappa shape index (κ2) is 6.69. The van der Waals surface area contributed by atoms with E-state index in [1.807, 2.05) is 30.3 Å². The third-order valence-electron chi connectivity index (χ3n) is 4.02. The Labute approximate surface area is 151 Å². The fraction of sp³-hybridized carbons (Fsp3) is 0.350. The molecule has 3 nitrogen and oxygen atoms in total. The van der Waals surface area contributed by atoms with Gasteiger partial charge in [0.25, 0.3) is 0 Å². The van der Waals surface area contributed by atoms with Gasteiger partial charge < -0.3 is 9.47 Å². The van der Waals surface area contributed by atoms with E-state index in [2.05, 4.69) is 42.8 Å². The van der Waals surface area contributed by atoms with E-state index in [9.17, 15) is 4.79 Å². The number of halogens is 1. The Morgan fingerprint density at radius 3 is 2.62 bits per heavy atom. The summed E-state index contributed by atoms with van der Waals surface area (Å²) in [7, 11) is 0. The fourth-order valence-electron chi connectivity index (χ4n) is 2.46. The van der Waals surface area contributed by atoms with Crippen LogP contribution in [0.5, 0.6) is 5.75 Å². The Morgan fingerprint density at radius 1 is 1.25 bits per heavy atom. The summed E-state index contributed by atoms with van der Waals surface area (Å²) in [6, 6.07) is 13.4. The average molecular weight is 389 g/mol. The van der Waals surface area contributed by atoms with E-state index in [4.69, 9.17) is 9.47 Å². The summed E-state index contributed by atoms with van der Waals surface area (Å²) in [5.74, 6) is 0.549. The number of ketones is 1. The molecule has 24 heavy (non-hydrogen) atoms. The van der Waals surface area contributed by atoms with Crippen LogP contribution in [-0.2, 0) is 10.2 Å². The summed E-state index contributed by atoms with van der Waals surface area (Å²) in [5, 5.41) is 0. The molecule has 0 aromatic heterocycles. The van der Waals surface area contributed by atoms with Gasteiger partial charge in [-0.1, -0.05) is 45.0 Å². The zero-order valence-corrected chi connectivity index (χ0v) is 15.7. The Kier molecular flexibility index (Phi) is 4.79. The van der Waals surface area contributed by atoms with Crippen molar-refractivity contribution in [2.45, 2.75) is 32.3 Å². The molecule has 0 amide bonds. The van der Waals surface area contributed by atoms with Crippen molar-refractivity contribution in [3.05, 3.63) is 63.6 Å². The van der Waals surface area contributed by atoms with Crippen molar-refractivity contribution >= 4 is 21.7 Å². The molecule has 0 radical (unpaired) electrons. The highest BCUT2D eigenvalue weighted by Gasteiger charge is 2.25. The van der Waals surface area contributed by atoms with E-state index < -0.39 is 0 Å². The van der Waals surface area contributed by atoms with Crippen molar-refractivity contribution in [1.82, 2.24) is 0 Å². The van der Waals surface area contributed by atoms with Crippen molar-refractivity contribution in [1.29, 1.82) is 0 Å². The molecule has 1 aliphatic rings. The van der Waals surface area contributed by atoms with Crippen molar-refractivity contribution in [2.75, 3.05) is 13.2 Å². The first-order valence-corrected chi connectivity index (χ1v) is 8.84. The lowest BCUT2D eigenvalue weighted by molar-refractivity contribution is 0.103. The van der Waals surface area contributed by atoms with Crippen LogP contribution in [0.2, 0.25) is 0 Å². The van der Waals surface area contributed by atoms with Gasteiger partial charge in [0.1, 0.15) is 18.5 Å². The number of para-hydroxylation sites is 1. The lowest BCUT2D eigenvalue weighted by Gasteiger charge is -2.20. The van der Waals surface area contributed by atoms with Gasteiger partial charge >= 0.3 is 0 Å². The highest BCUT2D eigenvalue weighted by atomic mass is 79.9. The molecular weight excluding hydrogens is 368 g/mol. The summed E-state index contributed by atoms with van der Waals surface area (Å²) in [6.45, 7) is 7.60. The molecule has 1 heterocycles. The molecule has 2 aromatic rings. The van der Waals surface area contributed by atoms with Crippen molar-refractivity contribution in [2.24, 2.45) is 0 Å². The van der Waals surface area contributed by atoms with Crippen LogP contribution in [0.25, 0.3) is 0 Å². The maximum atomic E-state index is 13.0. The Balaban J connectivity index is 1.93. The normalized spacial score (nSPS) is 16.8. The molecule has 0 N–H and O–H groups in total. The van der Waals surface area contributed by atoms with E-state index in [0.29, 0.717) is 23.5 Å². The SMILES string of the molecule is CC(C)(C)c1cccc(C(=O)c2cccc(Br)c2OCC2CO2)c1. The minimum atomic E-state index is -0.0332. The molecule has 0 aliphatic carbocycles. The molecule has 0 saturated carbocycles.